The number of carbonyl (C=O) groups is 3. The van der Waals surface area contributed by atoms with Crippen molar-refractivity contribution in [2.75, 3.05) is 0 Å². The molecule has 7 nitrogen and oxygen atoms in total. The SMILES string of the molecule is C[C@@H](N)Cc1cn(C(=O)OC(=O)C(=O)O)c2ccccc12. The van der Waals surface area contributed by atoms with E-state index in [4.69, 9.17) is 10.8 Å². The quantitative estimate of drug-likeness (QED) is 0.487. The molecule has 0 radical (unpaired) electrons. The Morgan fingerprint density at radius 2 is 2.00 bits per heavy atom. The van der Waals surface area contributed by atoms with Gasteiger partial charge in [-0.05, 0) is 25.0 Å². The lowest BCUT2D eigenvalue weighted by molar-refractivity contribution is -0.159. The topological polar surface area (TPSA) is 112 Å². The van der Waals surface area contributed by atoms with E-state index in [0.29, 0.717) is 11.9 Å². The van der Waals surface area contributed by atoms with Gasteiger partial charge in [0.15, 0.2) is 0 Å². The molecule has 0 aliphatic rings. The first kappa shape index (κ1) is 14.7. The van der Waals surface area contributed by atoms with Crippen LogP contribution in [-0.2, 0) is 20.7 Å². The summed E-state index contributed by atoms with van der Waals surface area (Å²) < 4.78 is 5.38. The van der Waals surface area contributed by atoms with E-state index in [9.17, 15) is 14.4 Å². The number of ether oxygens (including phenoxy) is 1. The molecule has 0 aliphatic carbocycles. The van der Waals surface area contributed by atoms with E-state index >= 15 is 0 Å². The minimum absolute atomic E-state index is 0.110. The molecule has 0 spiro atoms. The predicted molar refractivity (Wildman–Crippen MR) is 73.8 cm³/mol. The molecule has 1 aromatic carbocycles. The average molecular weight is 290 g/mol. The minimum Gasteiger partial charge on any atom is -0.473 e. The first-order chi connectivity index (χ1) is 9.90. The van der Waals surface area contributed by atoms with Gasteiger partial charge in [0.2, 0.25) is 0 Å². The van der Waals surface area contributed by atoms with Gasteiger partial charge in [-0.3, -0.25) is 4.57 Å². The molecule has 2 aromatic rings. The Hall–Kier alpha value is -2.67. The molecule has 1 heterocycles. The van der Waals surface area contributed by atoms with Crippen LogP contribution in [0, 0.1) is 0 Å². The highest BCUT2D eigenvalue weighted by atomic mass is 16.6. The van der Waals surface area contributed by atoms with Gasteiger partial charge >= 0.3 is 18.0 Å². The van der Waals surface area contributed by atoms with Crippen LogP contribution in [0.2, 0.25) is 0 Å². The summed E-state index contributed by atoms with van der Waals surface area (Å²) in [5.41, 5.74) is 7.11. The molecule has 21 heavy (non-hydrogen) atoms. The molecule has 0 amide bonds. The lowest BCUT2D eigenvalue weighted by Crippen LogP contribution is -2.23. The van der Waals surface area contributed by atoms with Gasteiger partial charge in [0.1, 0.15) is 0 Å². The molecule has 110 valence electrons. The van der Waals surface area contributed by atoms with Crippen molar-refractivity contribution < 1.29 is 24.2 Å². The maximum atomic E-state index is 11.9. The van der Waals surface area contributed by atoms with Crippen LogP contribution in [0.3, 0.4) is 0 Å². The molecule has 0 fully saturated rings. The van der Waals surface area contributed by atoms with Gasteiger partial charge in [-0.25, -0.2) is 14.4 Å². The number of carbonyl (C=O) groups excluding carboxylic acids is 2. The van der Waals surface area contributed by atoms with E-state index < -0.39 is 18.0 Å². The molecule has 2 rings (SSSR count). The number of nitrogens with two attached hydrogens (primary N) is 1. The normalized spacial score (nSPS) is 12.1. The molecule has 0 bridgehead atoms. The summed E-state index contributed by atoms with van der Waals surface area (Å²) in [5.74, 6) is -3.44. The summed E-state index contributed by atoms with van der Waals surface area (Å²) in [5, 5.41) is 9.26. The number of fused-ring (bicyclic) bond motifs is 1. The Labute approximate surface area is 119 Å². The number of aliphatic carboxylic acids is 1. The Balaban J connectivity index is 2.42. The molecular formula is C14H14N2O5. The molecule has 0 saturated carbocycles. The number of hydrogen-bond donors (Lipinski definition) is 2. The van der Waals surface area contributed by atoms with E-state index in [0.717, 1.165) is 15.5 Å². The number of benzene rings is 1. The van der Waals surface area contributed by atoms with Crippen molar-refractivity contribution in [3.63, 3.8) is 0 Å². The molecular weight excluding hydrogens is 276 g/mol. The Bertz CT molecular complexity index is 717. The number of hydrogen-bond acceptors (Lipinski definition) is 5. The van der Waals surface area contributed by atoms with Crippen LogP contribution in [0.5, 0.6) is 0 Å². The number of carboxylic acids is 1. The number of nitrogens with zero attached hydrogens (tertiary/aromatic N) is 1. The van der Waals surface area contributed by atoms with Gasteiger partial charge < -0.3 is 15.6 Å². The lowest BCUT2D eigenvalue weighted by atomic mass is 10.1. The van der Waals surface area contributed by atoms with Gasteiger partial charge in [0.05, 0.1) is 5.52 Å². The van der Waals surface area contributed by atoms with Crippen molar-refractivity contribution in [3.05, 3.63) is 36.0 Å². The zero-order chi connectivity index (χ0) is 15.6. The maximum absolute atomic E-state index is 11.9. The summed E-state index contributed by atoms with van der Waals surface area (Å²) in [4.78, 5) is 33.3. The number of carboxylic acid groups (broad SMARTS) is 1. The maximum Gasteiger partial charge on any atom is 0.426 e. The van der Waals surface area contributed by atoms with E-state index in [1.165, 1.54) is 6.20 Å². The molecule has 1 atom stereocenters. The van der Waals surface area contributed by atoms with Crippen LogP contribution < -0.4 is 5.73 Å². The van der Waals surface area contributed by atoms with E-state index in [-0.39, 0.29) is 6.04 Å². The number of para-hydroxylation sites is 1. The summed E-state index contributed by atoms with van der Waals surface area (Å²) in [6.07, 6.45) is 0.980. The second kappa shape index (κ2) is 5.76. The second-order valence-corrected chi connectivity index (χ2v) is 4.68. The zero-order valence-corrected chi connectivity index (χ0v) is 11.3. The van der Waals surface area contributed by atoms with Crippen molar-refractivity contribution in [1.82, 2.24) is 4.57 Å². The molecule has 0 saturated heterocycles. The second-order valence-electron chi connectivity index (χ2n) is 4.68. The Morgan fingerprint density at radius 3 is 2.62 bits per heavy atom. The van der Waals surface area contributed by atoms with Crippen molar-refractivity contribution in [2.24, 2.45) is 5.73 Å². The molecule has 0 aliphatic heterocycles. The van der Waals surface area contributed by atoms with Gasteiger partial charge in [0, 0.05) is 17.6 Å². The van der Waals surface area contributed by atoms with Gasteiger partial charge in [0.25, 0.3) is 0 Å². The van der Waals surface area contributed by atoms with E-state index in [1.807, 2.05) is 19.1 Å². The highest BCUT2D eigenvalue weighted by molar-refractivity contribution is 6.30. The standard InChI is InChI=1S/C14H14N2O5/c1-8(15)6-9-7-16(11-5-3-2-4-10(9)11)14(20)21-13(19)12(17)18/h2-5,7-8H,6,15H2,1H3,(H,17,18)/t8-/m1/s1. The highest BCUT2D eigenvalue weighted by Gasteiger charge is 2.21. The zero-order valence-electron chi connectivity index (χ0n) is 11.3. The third-order valence-electron chi connectivity index (χ3n) is 2.89. The summed E-state index contributed by atoms with van der Waals surface area (Å²) >= 11 is 0. The predicted octanol–water partition coefficient (Wildman–Crippen LogP) is 1.13. The number of rotatable bonds is 2. The fraction of sp³-hybridized carbons (Fsp3) is 0.214. The number of aromatic nitrogens is 1. The van der Waals surface area contributed by atoms with E-state index in [1.54, 1.807) is 12.1 Å². The van der Waals surface area contributed by atoms with Crippen molar-refractivity contribution >= 4 is 28.9 Å². The Morgan fingerprint density at radius 1 is 1.33 bits per heavy atom. The van der Waals surface area contributed by atoms with Crippen LogP contribution in [0.25, 0.3) is 10.9 Å². The fourth-order valence-corrected chi connectivity index (χ4v) is 2.08. The van der Waals surface area contributed by atoms with Crippen molar-refractivity contribution in [2.45, 2.75) is 19.4 Å². The van der Waals surface area contributed by atoms with E-state index in [2.05, 4.69) is 4.74 Å². The molecule has 0 unspecified atom stereocenters. The third-order valence-corrected chi connectivity index (χ3v) is 2.89. The van der Waals surface area contributed by atoms with Gasteiger partial charge in [-0.2, -0.15) is 0 Å². The van der Waals surface area contributed by atoms with Crippen molar-refractivity contribution in [3.8, 4) is 0 Å². The summed E-state index contributed by atoms with van der Waals surface area (Å²) in [6, 6.07) is 6.91. The Kier molecular flexibility index (Phi) is 4.04. The van der Waals surface area contributed by atoms with Crippen LogP contribution in [0.1, 0.15) is 12.5 Å². The fourth-order valence-electron chi connectivity index (χ4n) is 2.08. The smallest absolute Gasteiger partial charge is 0.426 e. The third kappa shape index (κ3) is 3.09. The van der Waals surface area contributed by atoms with Crippen LogP contribution in [0.4, 0.5) is 4.79 Å². The average Bonchev–Trinajstić information content (AvgIpc) is 2.77. The largest absolute Gasteiger partial charge is 0.473 e. The molecule has 7 heteroatoms. The van der Waals surface area contributed by atoms with Gasteiger partial charge in [-0.1, -0.05) is 18.2 Å². The molecule has 1 aromatic heterocycles. The van der Waals surface area contributed by atoms with Crippen molar-refractivity contribution in [1.29, 1.82) is 0 Å². The first-order valence-electron chi connectivity index (χ1n) is 6.24. The van der Waals surface area contributed by atoms with Crippen LogP contribution in [-0.4, -0.2) is 33.7 Å². The van der Waals surface area contributed by atoms with Crippen LogP contribution in [0.15, 0.2) is 30.5 Å². The first-order valence-corrected chi connectivity index (χ1v) is 6.24. The minimum atomic E-state index is -1.82. The van der Waals surface area contributed by atoms with Gasteiger partial charge in [-0.15, -0.1) is 0 Å². The summed E-state index contributed by atoms with van der Waals surface area (Å²) in [6.45, 7) is 1.83. The monoisotopic (exact) mass is 290 g/mol. The summed E-state index contributed by atoms with van der Waals surface area (Å²) in [7, 11) is 0. The van der Waals surface area contributed by atoms with Crippen LogP contribution >= 0.6 is 0 Å². The number of esters is 1. The highest BCUT2D eigenvalue weighted by Crippen LogP contribution is 2.22. The molecule has 3 N–H and O–H groups in total. The lowest BCUT2D eigenvalue weighted by Gasteiger charge is -2.02.